The Bertz CT molecular complexity index is 685. The van der Waals surface area contributed by atoms with Gasteiger partial charge in [-0.3, -0.25) is 0 Å². The predicted octanol–water partition coefficient (Wildman–Crippen LogP) is 6.15. The minimum atomic E-state index is -0.560. The lowest BCUT2D eigenvalue weighted by atomic mass is 10.0. The van der Waals surface area contributed by atoms with Gasteiger partial charge >= 0.3 is 11.9 Å². The molecule has 0 spiro atoms. The number of aryl methyl sites for hydroxylation is 2. The summed E-state index contributed by atoms with van der Waals surface area (Å²) in [5.41, 5.74) is 2.87. The van der Waals surface area contributed by atoms with Gasteiger partial charge in [-0.1, -0.05) is 75.9 Å². The maximum Gasteiger partial charge on any atom is 0.346 e. The van der Waals surface area contributed by atoms with E-state index in [9.17, 15) is 9.59 Å². The molecule has 144 valence electrons. The van der Waals surface area contributed by atoms with Gasteiger partial charge in [0.2, 0.25) is 0 Å². The molecule has 0 saturated carbocycles. The summed E-state index contributed by atoms with van der Waals surface area (Å²) in [6.45, 7) is 4.30. The van der Waals surface area contributed by atoms with Crippen molar-refractivity contribution < 1.29 is 14.3 Å². The van der Waals surface area contributed by atoms with Crippen LogP contribution < -0.4 is 0 Å². The molecule has 0 heterocycles. The van der Waals surface area contributed by atoms with E-state index in [4.69, 9.17) is 4.74 Å². The van der Waals surface area contributed by atoms with E-state index in [1.807, 2.05) is 36.4 Å². The molecule has 0 amide bonds. The molecule has 2 rings (SSSR count). The fraction of sp³-hybridized carbons (Fsp3) is 0.417. The van der Waals surface area contributed by atoms with Gasteiger partial charge < -0.3 is 4.74 Å². The van der Waals surface area contributed by atoms with Gasteiger partial charge in [0.25, 0.3) is 0 Å². The Labute approximate surface area is 162 Å². The molecule has 0 aromatic heterocycles. The maximum absolute atomic E-state index is 12.6. The molecule has 0 N–H and O–H groups in total. The third-order valence-corrected chi connectivity index (χ3v) is 4.76. The zero-order valence-electron chi connectivity index (χ0n) is 16.5. The number of unbranched alkanes of at least 4 members (excludes halogenated alkanes) is 4. The molecule has 2 aromatic rings. The van der Waals surface area contributed by atoms with Crippen LogP contribution in [0.25, 0.3) is 0 Å². The Morgan fingerprint density at radius 2 is 1.07 bits per heavy atom. The highest BCUT2D eigenvalue weighted by Gasteiger charge is 2.19. The van der Waals surface area contributed by atoms with E-state index in [1.165, 1.54) is 0 Å². The molecule has 0 aliphatic carbocycles. The summed E-state index contributed by atoms with van der Waals surface area (Å²) in [7, 11) is 0. The highest BCUT2D eigenvalue weighted by atomic mass is 16.6. The Morgan fingerprint density at radius 1 is 0.667 bits per heavy atom. The molecule has 0 bridgehead atoms. The van der Waals surface area contributed by atoms with Gasteiger partial charge in [-0.05, 0) is 48.9 Å². The van der Waals surface area contributed by atoms with Crippen LogP contribution in [-0.2, 0) is 17.6 Å². The van der Waals surface area contributed by atoms with Crippen molar-refractivity contribution in [2.45, 2.75) is 65.2 Å². The van der Waals surface area contributed by atoms with Crippen LogP contribution in [-0.4, -0.2) is 11.9 Å². The summed E-state index contributed by atoms with van der Waals surface area (Å²) in [6, 6.07) is 14.8. The molecule has 0 saturated heterocycles. The van der Waals surface area contributed by atoms with Crippen LogP contribution in [0.2, 0.25) is 0 Å². The van der Waals surface area contributed by atoms with Crippen LogP contribution in [0.5, 0.6) is 0 Å². The third kappa shape index (κ3) is 6.35. The molecule has 3 heteroatoms. The molecule has 0 radical (unpaired) electrons. The first kappa shape index (κ1) is 20.9. The van der Waals surface area contributed by atoms with Crippen molar-refractivity contribution in [3.63, 3.8) is 0 Å². The van der Waals surface area contributed by atoms with Crippen LogP contribution in [0.1, 0.15) is 84.2 Å². The Hall–Kier alpha value is -2.42. The lowest BCUT2D eigenvalue weighted by Crippen LogP contribution is -2.16. The van der Waals surface area contributed by atoms with Gasteiger partial charge in [0.15, 0.2) is 0 Å². The van der Waals surface area contributed by atoms with Crippen LogP contribution in [0.15, 0.2) is 48.5 Å². The molecule has 0 unspecified atom stereocenters. The number of carbonyl (C=O) groups is 2. The highest BCUT2D eigenvalue weighted by molar-refractivity contribution is 6.03. The van der Waals surface area contributed by atoms with Crippen LogP contribution in [0, 0.1) is 0 Å². The molecule has 2 aromatic carbocycles. The average molecular weight is 367 g/mol. The molecule has 0 atom stereocenters. The maximum atomic E-state index is 12.6. The van der Waals surface area contributed by atoms with Crippen LogP contribution in [0.3, 0.4) is 0 Å². The van der Waals surface area contributed by atoms with Crippen molar-refractivity contribution in [1.29, 1.82) is 0 Å². The quantitative estimate of drug-likeness (QED) is 0.288. The van der Waals surface area contributed by atoms with Crippen molar-refractivity contribution in [1.82, 2.24) is 0 Å². The normalized spacial score (nSPS) is 10.6. The van der Waals surface area contributed by atoms with Gasteiger partial charge in [0.05, 0.1) is 11.1 Å². The second-order valence-electron chi connectivity index (χ2n) is 6.91. The Balaban J connectivity index is 2.09. The minimum absolute atomic E-state index is 0.491. The first-order valence-corrected chi connectivity index (χ1v) is 10.1. The summed E-state index contributed by atoms with van der Waals surface area (Å²) in [4.78, 5) is 25.2. The van der Waals surface area contributed by atoms with Gasteiger partial charge in [-0.15, -0.1) is 0 Å². The monoisotopic (exact) mass is 366 g/mol. The van der Waals surface area contributed by atoms with Crippen LogP contribution >= 0.6 is 0 Å². The first-order valence-electron chi connectivity index (χ1n) is 10.1. The van der Waals surface area contributed by atoms with Gasteiger partial charge in [0, 0.05) is 0 Å². The summed E-state index contributed by atoms with van der Waals surface area (Å²) in [6.07, 6.45) is 8.17. The zero-order valence-corrected chi connectivity index (χ0v) is 16.5. The van der Waals surface area contributed by atoms with E-state index >= 15 is 0 Å². The topological polar surface area (TPSA) is 43.4 Å². The van der Waals surface area contributed by atoms with E-state index < -0.39 is 11.9 Å². The van der Waals surface area contributed by atoms with E-state index in [2.05, 4.69) is 13.8 Å². The molecule has 0 aliphatic rings. The Morgan fingerprint density at radius 3 is 1.48 bits per heavy atom. The second kappa shape index (κ2) is 11.3. The van der Waals surface area contributed by atoms with Gasteiger partial charge in [-0.25, -0.2) is 9.59 Å². The van der Waals surface area contributed by atoms with Gasteiger partial charge in [-0.2, -0.15) is 0 Å². The molecule has 3 nitrogen and oxygen atoms in total. The van der Waals surface area contributed by atoms with E-state index in [0.29, 0.717) is 11.1 Å². The number of hydrogen-bond donors (Lipinski definition) is 0. The first-order chi connectivity index (χ1) is 13.2. The fourth-order valence-electron chi connectivity index (χ4n) is 3.20. The fourth-order valence-corrected chi connectivity index (χ4v) is 3.20. The van der Waals surface area contributed by atoms with E-state index in [-0.39, 0.29) is 0 Å². The number of hydrogen-bond acceptors (Lipinski definition) is 3. The average Bonchev–Trinajstić information content (AvgIpc) is 2.69. The lowest BCUT2D eigenvalue weighted by molar-refractivity contribution is 0.0396. The third-order valence-electron chi connectivity index (χ3n) is 4.76. The summed E-state index contributed by atoms with van der Waals surface area (Å²) in [5, 5.41) is 0. The SMILES string of the molecule is CCCCCc1ccccc1C(=O)OC(=O)c1ccccc1CCCCC. The molecular weight excluding hydrogens is 336 g/mol. The smallest absolute Gasteiger partial charge is 0.346 e. The van der Waals surface area contributed by atoms with Gasteiger partial charge in [0.1, 0.15) is 0 Å². The molecule has 0 aliphatic heterocycles. The number of benzene rings is 2. The highest BCUT2D eigenvalue weighted by Crippen LogP contribution is 2.18. The molecular formula is C24H30O3. The van der Waals surface area contributed by atoms with Crippen molar-refractivity contribution in [3.05, 3.63) is 70.8 Å². The largest absolute Gasteiger partial charge is 0.386 e. The summed E-state index contributed by atoms with van der Waals surface area (Å²) in [5.74, 6) is -1.12. The summed E-state index contributed by atoms with van der Waals surface area (Å²) >= 11 is 0. The minimum Gasteiger partial charge on any atom is -0.386 e. The Kier molecular flexibility index (Phi) is 8.76. The standard InChI is InChI=1S/C24H30O3/c1-3-5-7-13-19-15-9-11-17-21(19)23(25)27-24(26)22-18-12-10-16-20(22)14-8-6-4-2/h9-12,15-18H,3-8,13-14H2,1-2H3. The van der Waals surface area contributed by atoms with Crippen molar-refractivity contribution >= 4 is 11.9 Å². The van der Waals surface area contributed by atoms with Crippen molar-refractivity contribution in [2.24, 2.45) is 0 Å². The number of esters is 2. The number of carbonyl (C=O) groups excluding carboxylic acids is 2. The number of ether oxygens (including phenoxy) is 1. The number of rotatable bonds is 10. The zero-order chi connectivity index (χ0) is 19.5. The molecule has 27 heavy (non-hydrogen) atoms. The van der Waals surface area contributed by atoms with E-state index in [0.717, 1.165) is 62.5 Å². The predicted molar refractivity (Wildman–Crippen MR) is 109 cm³/mol. The molecule has 0 fully saturated rings. The van der Waals surface area contributed by atoms with Crippen LogP contribution in [0.4, 0.5) is 0 Å². The summed E-state index contributed by atoms with van der Waals surface area (Å²) < 4.78 is 5.24. The van der Waals surface area contributed by atoms with Crippen molar-refractivity contribution in [3.8, 4) is 0 Å². The van der Waals surface area contributed by atoms with Crippen molar-refractivity contribution in [2.75, 3.05) is 0 Å². The lowest BCUT2D eigenvalue weighted by Gasteiger charge is -2.11. The second-order valence-corrected chi connectivity index (χ2v) is 6.91. The van der Waals surface area contributed by atoms with E-state index in [1.54, 1.807) is 12.1 Å².